The van der Waals surface area contributed by atoms with Gasteiger partial charge in [0.05, 0.1) is 11.2 Å². The zero-order valence-electron chi connectivity index (χ0n) is 16.8. The van der Waals surface area contributed by atoms with Gasteiger partial charge in [-0.2, -0.15) is 0 Å². The Morgan fingerprint density at radius 1 is 1.17 bits per heavy atom. The maximum absolute atomic E-state index is 6.12. The number of likely N-dealkylation sites (tertiary alicyclic amines) is 1. The third-order valence-corrected chi connectivity index (χ3v) is 5.64. The fourth-order valence-electron chi connectivity index (χ4n) is 4.22. The molecule has 0 saturated carbocycles. The summed E-state index contributed by atoms with van der Waals surface area (Å²) < 4.78 is 6.96. The Bertz CT molecular complexity index is 1180. The molecular formula is C21H24N8O. The summed E-state index contributed by atoms with van der Waals surface area (Å²) >= 11 is 0. The number of pyridine rings is 1. The van der Waals surface area contributed by atoms with Crippen LogP contribution in [-0.2, 0) is 13.1 Å². The van der Waals surface area contributed by atoms with Gasteiger partial charge in [-0.3, -0.25) is 9.88 Å². The van der Waals surface area contributed by atoms with Crippen LogP contribution < -0.4 is 11.5 Å². The molecule has 1 atom stereocenters. The maximum atomic E-state index is 6.12. The predicted octanol–water partition coefficient (Wildman–Crippen LogP) is 2.28. The molecule has 154 valence electrons. The fourth-order valence-corrected chi connectivity index (χ4v) is 4.22. The van der Waals surface area contributed by atoms with E-state index in [4.69, 9.17) is 26.1 Å². The first-order chi connectivity index (χ1) is 14.7. The highest BCUT2D eigenvalue weighted by Gasteiger charge is 2.25. The van der Waals surface area contributed by atoms with Gasteiger partial charge in [0.15, 0.2) is 17.3 Å². The molecule has 30 heavy (non-hydrogen) atoms. The predicted molar refractivity (Wildman–Crippen MR) is 114 cm³/mol. The zero-order valence-corrected chi connectivity index (χ0v) is 16.8. The lowest BCUT2D eigenvalue weighted by molar-refractivity contribution is 0.310. The molecule has 0 radical (unpaired) electrons. The van der Waals surface area contributed by atoms with Crippen molar-refractivity contribution >= 4 is 16.9 Å². The smallest absolute Gasteiger partial charge is 0.199 e. The van der Waals surface area contributed by atoms with Gasteiger partial charge in [-0.25, -0.2) is 9.61 Å². The van der Waals surface area contributed by atoms with E-state index in [1.807, 2.05) is 36.5 Å². The molecule has 3 aromatic heterocycles. The molecule has 1 aliphatic heterocycles. The van der Waals surface area contributed by atoms with E-state index in [0.29, 0.717) is 18.1 Å². The molecular weight excluding hydrogens is 380 g/mol. The number of benzene rings is 1. The first-order valence-corrected chi connectivity index (χ1v) is 10.2. The van der Waals surface area contributed by atoms with Crippen molar-refractivity contribution in [2.24, 2.45) is 5.73 Å². The second-order valence-corrected chi connectivity index (χ2v) is 7.66. The van der Waals surface area contributed by atoms with Crippen molar-refractivity contribution in [3.8, 4) is 22.8 Å². The summed E-state index contributed by atoms with van der Waals surface area (Å²) in [6, 6.07) is 10.3. The van der Waals surface area contributed by atoms with Crippen molar-refractivity contribution in [3.05, 3.63) is 42.1 Å². The van der Waals surface area contributed by atoms with Gasteiger partial charge in [-0.15, -0.1) is 0 Å². The Kier molecular flexibility index (Phi) is 4.68. The monoisotopic (exact) mass is 404 g/mol. The fraction of sp³-hybridized carbons (Fsp3) is 0.333. The summed E-state index contributed by atoms with van der Waals surface area (Å²) in [5, 5.41) is 7.73. The van der Waals surface area contributed by atoms with Crippen LogP contribution in [0.4, 0.5) is 5.82 Å². The second-order valence-electron chi connectivity index (χ2n) is 7.66. The number of imidazole rings is 1. The normalized spacial score (nSPS) is 17.2. The minimum atomic E-state index is 0.223. The SMILES string of the molecule is CCn1c(-c2nonc2N)nc2c(-c3ccccc3)ncc(CN3CC[C@H](N)C3)c21. The minimum Gasteiger partial charge on any atom is -0.379 e. The number of fused-ring (bicyclic) bond motifs is 1. The maximum Gasteiger partial charge on any atom is 0.199 e. The Morgan fingerprint density at radius 2 is 2.00 bits per heavy atom. The highest BCUT2D eigenvalue weighted by Crippen LogP contribution is 2.34. The molecule has 4 heterocycles. The third kappa shape index (κ3) is 3.12. The van der Waals surface area contributed by atoms with E-state index in [-0.39, 0.29) is 11.9 Å². The van der Waals surface area contributed by atoms with E-state index >= 15 is 0 Å². The standard InChI is InChI=1S/C21H24N8O/c1-2-29-19-14(11-28-9-8-15(22)12-28)10-24-16(13-6-4-3-5-7-13)17(19)25-21(29)18-20(23)27-30-26-18/h3-7,10,15H,2,8-9,11-12,22H2,1H3,(H2,23,27)/t15-/m0/s1. The van der Waals surface area contributed by atoms with Crippen LogP contribution in [-0.4, -0.2) is 48.9 Å². The molecule has 0 spiro atoms. The minimum absolute atomic E-state index is 0.223. The van der Waals surface area contributed by atoms with Crippen molar-refractivity contribution in [1.82, 2.24) is 29.7 Å². The Hall–Kier alpha value is -3.30. The molecule has 4 aromatic rings. The van der Waals surface area contributed by atoms with Crippen LogP contribution in [0.3, 0.4) is 0 Å². The third-order valence-electron chi connectivity index (χ3n) is 5.64. The molecule has 1 fully saturated rings. The molecule has 9 nitrogen and oxygen atoms in total. The van der Waals surface area contributed by atoms with Gasteiger partial charge in [-0.05, 0) is 23.7 Å². The van der Waals surface area contributed by atoms with Gasteiger partial charge in [0.2, 0.25) is 0 Å². The molecule has 0 unspecified atom stereocenters. The Balaban J connectivity index is 1.73. The van der Waals surface area contributed by atoms with E-state index in [1.165, 1.54) is 0 Å². The Labute approximate surface area is 173 Å². The van der Waals surface area contributed by atoms with E-state index < -0.39 is 0 Å². The average molecular weight is 404 g/mol. The number of hydrogen-bond acceptors (Lipinski definition) is 8. The van der Waals surface area contributed by atoms with E-state index in [2.05, 4.69) is 26.7 Å². The number of aromatic nitrogens is 5. The van der Waals surface area contributed by atoms with Crippen LogP contribution in [0.1, 0.15) is 18.9 Å². The molecule has 1 aromatic carbocycles. The average Bonchev–Trinajstić information content (AvgIpc) is 3.47. The van der Waals surface area contributed by atoms with Gasteiger partial charge in [0.25, 0.3) is 0 Å². The summed E-state index contributed by atoms with van der Waals surface area (Å²) in [7, 11) is 0. The van der Waals surface area contributed by atoms with Gasteiger partial charge in [-0.1, -0.05) is 30.3 Å². The van der Waals surface area contributed by atoms with Crippen molar-refractivity contribution in [1.29, 1.82) is 0 Å². The molecule has 9 heteroatoms. The first kappa shape index (κ1) is 18.7. The number of anilines is 1. The molecule has 0 bridgehead atoms. The van der Waals surface area contributed by atoms with Crippen molar-refractivity contribution in [2.75, 3.05) is 18.8 Å². The van der Waals surface area contributed by atoms with Crippen LogP contribution >= 0.6 is 0 Å². The van der Waals surface area contributed by atoms with Gasteiger partial charge >= 0.3 is 0 Å². The topological polar surface area (TPSA) is 125 Å². The van der Waals surface area contributed by atoms with E-state index in [9.17, 15) is 0 Å². The number of hydrogen-bond donors (Lipinski definition) is 2. The van der Waals surface area contributed by atoms with E-state index in [1.54, 1.807) is 0 Å². The number of aryl methyl sites for hydroxylation is 1. The first-order valence-electron chi connectivity index (χ1n) is 10.2. The summed E-state index contributed by atoms with van der Waals surface area (Å²) in [6.45, 7) is 5.41. The Morgan fingerprint density at radius 3 is 2.67 bits per heavy atom. The lowest BCUT2D eigenvalue weighted by atomic mass is 10.1. The number of nitrogens with two attached hydrogens (primary N) is 2. The van der Waals surface area contributed by atoms with Gasteiger partial charge in [0, 0.05) is 49.5 Å². The van der Waals surface area contributed by atoms with Gasteiger partial charge < -0.3 is 16.0 Å². The van der Waals surface area contributed by atoms with E-state index in [0.717, 1.165) is 53.9 Å². The van der Waals surface area contributed by atoms with Crippen LogP contribution in [0, 0.1) is 0 Å². The molecule has 0 aliphatic carbocycles. The molecule has 5 rings (SSSR count). The largest absolute Gasteiger partial charge is 0.379 e. The molecule has 1 saturated heterocycles. The molecule has 1 aliphatic rings. The van der Waals surface area contributed by atoms with Crippen molar-refractivity contribution in [3.63, 3.8) is 0 Å². The van der Waals surface area contributed by atoms with Gasteiger partial charge in [0.1, 0.15) is 5.52 Å². The number of nitrogens with zero attached hydrogens (tertiary/aromatic N) is 6. The van der Waals surface area contributed by atoms with Crippen LogP contribution in [0.2, 0.25) is 0 Å². The summed E-state index contributed by atoms with van der Waals surface area (Å²) in [5.74, 6) is 0.858. The number of rotatable bonds is 5. The second kappa shape index (κ2) is 7.51. The van der Waals surface area contributed by atoms with Crippen LogP contribution in [0.5, 0.6) is 0 Å². The lowest BCUT2D eigenvalue weighted by Gasteiger charge is -2.17. The summed E-state index contributed by atoms with van der Waals surface area (Å²) in [6.07, 6.45) is 2.97. The lowest BCUT2D eigenvalue weighted by Crippen LogP contribution is -2.26. The summed E-state index contributed by atoms with van der Waals surface area (Å²) in [4.78, 5) is 12.1. The van der Waals surface area contributed by atoms with Crippen LogP contribution in [0.15, 0.2) is 41.2 Å². The molecule has 0 amide bonds. The number of nitrogen functional groups attached to an aromatic ring is 1. The van der Waals surface area contributed by atoms with Crippen LogP contribution in [0.25, 0.3) is 33.8 Å². The quantitative estimate of drug-likeness (QED) is 0.519. The van der Waals surface area contributed by atoms with Crippen molar-refractivity contribution in [2.45, 2.75) is 32.5 Å². The summed E-state index contributed by atoms with van der Waals surface area (Å²) in [5.41, 5.74) is 17.4. The highest BCUT2D eigenvalue weighted by molar-refractivity contribution is 5.94. The molecule has 4 N–H and O–H groups in total. The zero-order chi connectivity index (χ0) is 20.7. The highest BCUT2D eigenvalue weighted by atomic mass is 16.6. The van der Waals surface area contributed by atoms with Crippen molar-refractivity contribution < 1.29 is 4.63 Å².